The van der Waals surface area contributed by atoms with Gasteiger partial charge in [-0.1, -0.05) is 18.2 Å². The number of anilines is 2. The first-order valence-electron chi connectivity index (χ1n) is 11.1. The van der Waals surface area contributed by atoms with Gasteiger partial charge in [0.2, 0.25) is 5.95 Å². The standard InChI is InChI=1S/C25H25N5O3/c31-24(32)19-6-3-5-18(17-19)22-7-4-8-23-27-25(28-30(22)23)26-20-9-11-21(12-10-20)33-16-15-29-13-1-2-14-29/h3-12,17H,1-2,13-16H2,(H,26,28)(H,31,32). The van der Waals surface area contributed by atoms with E-state index in [9.17, 15) is 9.90 Å². The van der Waals surface area contributed by atoms with Gasteiger partial charge in [-0.05, 0) is 74.5 Å². The van der Waals surface area contributed by atoms with E-state index in [2.05, 4.69) is 20.3 Å². The molecule has 0 spiro atoms. The lowest BCUT2D eigenvalue weighted by molar-refractivity contribution is 0.0697. The Morgan fingerprint density at radius 2 is 1.82 bits per heavy atom. The van der Waals surface area contributed by atoms with Gasteiger partial charge >= 0.3 is 5.97 Å². The zero-order valence-corrected chi connectivity index (χ0v) is 18.1. The molecule has 0 atom stereocenters. The highest BCUT2D eigenvalue weighted by molar-refractivity contribution is 5.89. The molecule has 0 unspecified atom stereocenters. The van der Waals surface area contributed by atoms with Crippen LogP contribution < -0.4 is 10.1 Å². The maximum atomic E-state index is 11.3. The van der Waals surface area contributed by atoms with E-state index in [1.165, 1.54) is 25.9 Å². The number of hydrogen-bond acceptors (Lipinski definition) is 6. The lowest BCUT2D eigenvalue weighted by Gasteiger charge is -2.15. The van der Waals surface area contributed by atoms with Gasteiger partial charge < -0.3 is 15.2 Å². The molecule has 0 aliphatic carbocycles. The molecule has 1 fully saturated rings. The van der Waals surface area contributed by atoms with E-state index in [1.54, 1.807) is 22.7 Å². The van der Waals surface area contributed by atoms with Crippen molar-refractivity contribution in [2.24, 2.45) is 0 Å². The van der Waals surface area contributed by atoms with Crippen LogP contribution in [0.1, 0.15) is 23.2 Å². The quantitative estimate of drug-likeness (QED) is 0.419. The summed E-state index contributed by atoms with van der Waals surface area (Å²) >= 11 is 0. The van der Waals surface area contributed by atoms with Crippen LogP contribution in [0.15, 0.2) is 66.7 Å². The minimum atomic E-state index is -0.964. The summed E-state index contributed by atoms with van der Waals surface area (Å²) in [7, 11) is 0. The number of nitrogens with zero attached hydrogens (tertiary/aromatic N) is 4. The molecule has 2 aromatic heterocycles. The Labute approximate surface area is 191 Å². The van der Waals surface area contributed by atoms with Crippen molar-refractivity contribution in [1.82, 2.24) is 19.5 Å². The van der Waals surface area contributed by atoms with Crippen LogP contribution in [0, 0.1) is 0 Å². The van der Waals surface area contributed by atoms with E-state index >= 15 is 0 Å². The number of benzene rings is 2. The molecule has 0 amide bonds. The van der Waals surface area contributed by atoms with Crippen molar-refractivity contribution in [3.63, 3.8) is 0 Å². The summed E-state index contributed by atoms with van der Waals surface area (Å²) < 4.78 is 7.57. The van der Waals surface area contributed by atoms with Crippen LogP contribution in [0.25, 0.3) is 16.9 Å². The molecular weight excluding hydrogens is 418 g/mol. The normalized spacial score (nSPS) is 13.9. The fourth-order valence-electron chi connectivity index (χ4n) is 4.05. The number of fused-ring (bicyclic) bond motifs is 1. The SMILES string of the molecule is O=C(O)c1cccc(-c2cccc3nc(Nc4ccc(OCCN5CCCC5)cc4)nn23)c1. The molecule has 2 aromatic carbocycles. The predicted molar refractivity (Wildman–Crippen MR) is 126 cm³/mol. The van der Waals surface area contributed by atoms with Crippen molar-refractivity contribution < 1.29 is 14.6 Å². The number of ether oxygens (including phenoxy) is 1. The Morgan fingerprint density at radius 3 is 2.61 bits per heavy atom. The van der Waals surface area contributed by atoms with E-state index in [-0.39, 0.29) is 5.56 Å². The van der Waals surface area contributed by atoms with Gasteiger partial charge in [0.05, 0.1) is 11.3 Å². The molecule has 1 saturated heterocycles. The number of carbonyl (C=O) groups is 1. The maximum Gasteiger partial charge on any atom is 0.335 e. The molecule has 4 aromatic rings. The van der Waals surface area contributed by atoms with Gasteiger partial charge in [-0.2, -0.15) is 4.98 Å². The van der Waals surface area contributed by atoms with Gasteiger partial charge in [0, 0.05) is 17.8 Å². The van der Waals surface area contributed by atoms with Crippen LogP contribution in [0.4, 0.5) is 11.6 Å². The van der Waals surface area contributed by atoms with Crippen LogP contribution in [-0.2, 0) is 0 Å². The Hall–Kier alpha value is -3.91. The third kappa shape index (κ3) is 4.80. The fourth-order valence-corrected chi connectivity index (χ4v) is 4.05. The summed E-state index contributed by atoms with van der Waals surface area (Å²) in [4.78, 5) is 18.3. The highest BCUT2D eigenvalue weighted by Gasteiger charge is 2.12. The lowest BCUT2D eigenvalue weighted by Crippen LogP contribution is -2.25. The van der Waals surface area contributed by atoms with Crippen molar-refractivity contribution in [2.45, 2.75) is 12.8 Å². The van der Waals surface area contributed by atoms with E-state index in [0.29, 0.717) is 18.2 Å². The topological polar surface area (TPSA) is 92.0 Å². The summed E-state index contributed by atoms with van der Waals surface area (Å²) in [6, 6.07) is 20.2. The summed E-state index contributed by atoms with van der Waals surface area (Å²) in [5.41, 5.74) is 3.26. The molecule has 33 heavy (non-hydrogen) atoms. The van der Waals surface area contributed by atoms with Crippen molar-refractivity contribution >= 4 is 23.3 Å². The van der Waals surface area contributed by atoms with Crippen LogP contribution in [0.5, 0.6) is 5.75 Å². The summed E-state index contributed by atoms with van der Waals surface area (Å²) in [5, 5.41) is 17.1. The van der Waals surface area contributed by atoms with E-state index < -0.39 is 5.97 Å². The molecule has 3 heterocycles. The molecule has 1 aliphatic heterocycles. The largest absolute Gasteiger partial charge is 0.492 e. The van der Waals surface area contributed by atoms with E-state index in [4.69, 9.17) is 4.74 Å². The zero-order chi connectivity index (χ0) is 22.6. The smallest absolute Gasteiger partial charge is 0.335 e. The molecule has 0 saturated carbocycles. The second-order valence-electron chi connectivity index (χ2n) is 8.05. The first kappa shape index (κ1) is 21.0. The minimum absolute atomic E-state index is 0.228. The van der Waals surface area contributed by atoms with Gasteiger partial charge in [0.1, 0.15) is 12.4 Å². The molecular formula is C25H25N5O3. The lowest BCUT2D eigenvalue weighted by atomic mass is 10.1. The minimum Gasteiger partial charge on any atom is -0.492 e. The van der Waals surface area contributed by atoms with Gasteiger partial charge in [0.25, 0.3) is 0 Å². The third-order valence-corrected chi connectivity index (χ3v) is 5.75. The first-order chi connectivity index (χ1) is 16.2. The number of carboxylic acid groups (broad SMARTS) is 1. The Balaban J connectivity index is 1.29. The number of nitrogens with one attached hydrogen (secondary N) is 1. The van der Waals surface area contributed by atoms with E-state index in [1.807, 2.05) is 48.5 Å². The monoisotopic (exact) mass is 443 g/mol. The second kappa shape index (κ2) is 9.30. The van der Waals surface area contributed by atoms with Crippen LogP contribution in [0.2, 0.25) is 0 Å². The van der Waals surface area contributed by atoms with Crippen LogP contribution in [-0.4, -0.2) is 56.8 Å². The zero-order valence-electron chi connectivity index (χ0n) is 18.1. The van der Waals surface area contributed by atoms with Crippen LogP contribution in [0.3, 0.4) is 0 Å². The van der Waals surface area contributed by atoms with Crippen molar-refractivity contribution in [3.05, 3.63) is 72.3 Å². The Kier molecular flexibility index (Phi) is 5.91. The Bertz CT molecular complexity index is 1260. The number of carboxylic acids is 1. The number of aromatic carboxylic acids is 1. The second-order valence-corrected chi connectivity index (χ2v) is 8.05. The highest BCUT2D eigenvalue weighted by Crippen LogP contribution is 2.24. The number of hydrogen-bond donors (Lipinski definition) is 2. The number of aromatic nitrogens is 3. The fraction of sp³-hybridized carbons (Fsp3) is 0.240. The number of pyridine rings is 1. The molecule has 0 bridgehead atoms. The third-order valence-electron chi connectivity index (χ3n) is 5.75. The van der Waals surface area contributed by atoms with Gasteiger partial charge in [0.15, 0.2) is 5.65 Å². The van der Waals surface area contributed by atoms with Gasteiger partial charge in [-0.3, -0.25) is 4.90 Å². The highest BCUT2D eigenvalue weighted by atomic mass is 16.5. The maximum absolute atomic E-state index is 11.3. The van der Waals surface area contributed by atoms with Gasteiger partial charge in [-0.15, -0.1) is 5.10 Å². The molecule has 8 nitrogen and oxygen atoms in total. The average molecular weight is 444 g/mol. The van der Waals surface area contributed by atoms with Crippen molar-refractivity contribution in [2.75, 3.05) is 31.6 Å². The molecule has 2 N–H and O–H groups in total. The van der Waals surface area contributed by atoms with E-state index in [0.717, 1.165) is 29.2 Å². The average Bonchev–Trinajstić information content (AvgIpc) is 3.49. The van der Waals surface area contributed by atoms with Crippen molar-refractivity contribution in [3.8, 4) is 17.0 Å². The molecule has 0 radical (unpaired) electrons. The van der Waals surface area contributed by atoms with Crippen molar-refractivity contribution in [1.29, 1.82) is 0 Å². The number of likely N-dealkylation sites (tertiary alicyclic amines) is 1. The summed E-state index contributed by atoms with van der Waals surface area (Å²) in [5.74, 6) is 0.330. The summed E-state index contributed by atoms with van der Waals surface area (Å²) in [6.07, 6.45) is 2.57. The number of rotatable bonds is 8. The predicted octanol–water partition coefficient (Wildman–Crippen LogP) is 4.31. The molecule has 5 rings (SSSR count). The summed E-state index contributed by atoms with van der Waals surface area (Å²) in [6.45, 7) is 3.99. The molecule has 168 valence electrons. The van der Waals surface area contributed by atoms with Crippen LogP contribution >= 0.6 is 0 Å². The van der Waals surface area contributed by atoms with Gasteiger partial charge in [-0.25, -0.2) is 9.31 Å². The molecule has 1 aliphatic rings. The molecule has 8 heteroatoms. The Morgan fingerprint density at radius 1 is 1.03 bits per heavy atom. The first-order valence-corrected chi connectivity index (χ1v) is 11.1.